The highest BCUT2D eigenvalue weighted by Gasteiger charge is 2.41. The number of hydrogen-bond acceptors (Lipinski definition) is 4. The van der Waals surface area contributed by atoms with E-state index >= 15 is 0 Å². The quantitative estimate of drug-likeness (QED) is 0.571. The molecule has 2 amide bonds. The van der Waals surface area contributed by atoms with Gasteiger partial charge in [0.05, 0.1) is 13.0 Å². The van der Waals surface area contributed by atoms with Crippen LogP contribution in [-0.2, 0) is 16.0 Å². The summed E-state index contributed by atoms with van der Waals surface area (Å²) in [7, 11) is 1.65. The Hall–Kier alpha value is -2.64. The summed E-state index contributed by atoms with van der Waals surface area (Å²) in [6.45, 7) is 3.23. The topological polar surface area (TPSA) is 61.9 Å². The van der Waals surface area contributed by atoms with Gasteiger partial charge < -0.3 is 15.0 Å². The van der Waals surface area contributed by atoms with Gasteiger partial charge in [-0.1, -0.05) is 30.7 Å². The fraction of sp³-hybridized carbons (Fsp3) is 0.348. The minimum absolute atomic E-state index is 0.0258. The summed E-state index contributed by atoms with van der Waals surface area (Å²) in [6, 6.07) is 14.1. The molecule has 1 aliphatic rings. The minimum Gasteiger partial charge on any atom is -0.494 e. The number of rotatable bonds is 9. The maximum absolute atomic E-state index is 12.7. The zero-order valence-electron chi connectivity index (χ0n) is 17.6. The summed E-state index contributed by atoms with van der Waals surface area (Å²) in [6.07, 6.45) is 1.65. The first kappa shape index (κ1) is 23.0. The molecule has 1 aliphatic heterocycles. The molecule has 1 N–H and O–H groups in total. The van der Waals surface area contributed by atoms with Gasteiger partial charge in [0.25, 0.3) is 5.91 Å². The fourth-order valence-corrected chi connectivity index (χ4v) is 3.80. The summed E-state index contributed by atoms with van der Waals surface area (Å²) in [5, 5.41) is 3.97. The van der Waals surface area contributed by atoms with Crippen molar-refractivity contribution in [2.75, 3.05) is 25.5 Å². The Bertz CT molecular complexity index is 934. The summed E-state index contributed by atoms with van der Waals surface area (Å²) in [5.74, 6) is 0.348. The number of ether oxygens (including phenoxy) is 1. The van der Waals surface area contributed by atoms with Crippen LogP contribution in [0, 0.1) is 0 Å². The van der Waals surface area contributed by atoms with E-state index in [4.69, 9.17) is 28.6 Å². The second kappa shape index (κ2) is 10.6. The zero-order chi connectivity index (χ0) is 22.4. The van der Waals surface area contributed by atoms with Crippen LogP contribution in [0.1, 0.15) is 25.3 Å². The van der Waals surface area contributed by atoms with Gasteiger partial charge in [-0.3, -0.25) is 14.5 Å². The molecule has 0 bridgehead atoms. The van der Waals surface area contributed by atoms with Crippen molar-refractivity contribution in [1.29, 1.82) is 0 Å². The Kier molecular flexibility index (Phi) is 7.87. The van der Waals surface area contributed by atoms with Crippen LogP contribution in [0.25, 0.3) is 0 Å². The number of carbonyl (C=O) groups excluding carboxylic acids is 2. The molecule has 6 nitrogen and oxygen atoms in total. The zero-order valence-corrected chi connectivity index (χ0v) is 19.2. The summed E-state index contributed by atoms with van der Waals surface area (Å²) in [4.78, 5) is 28.6. The van der Waals surface area contributed by atoms with Crippen molar-refractivity contribution < 1.29 is 14.3 Å². The van der Waals surface area contributed by atoms with E-state index in [2.05, 4.69) is 5.32 Å². The SMILES string of the molecule is CCCOc1ccc(NC(=O)C[C@@H]2C(=O)N(C)C(=S)N2CCc2ccc(Cl)cc2)cc1. The summed E-state index contributed by atoms with van der Waals surface area (Å²) in [5.41, 5.74) is 1.74. The second-order valence-corrected chi connectivity index (χ2v) is 8.19. The lowest BCUT2D eigenvalue weighted by atomic mass is 10.1. The first-order valence-electron chi connectivity index (χ1n) is 10.2. The Morgan fingerprint density at radius 2 is 1.84 bits per heavy atom. The Morgan fingerprint density at radius 1 is 1.16 bits per heavy atom. The van der Waals surface area contributed by atoms with Crippen molar-refractivity contribution in [3.8, 4) is 5.75 Å². The molecule has 1 fully saturated rings. The van der Waals surface area contributed by atoms with Crippen molar-refractivity contribution in [2.45, 2.75) is 32.2 Å². The Morgan fingerprint density at radius 3 is 2.48 bits per heavy atom. The van der Waals surface area contributed by atoms with Gasteiger partial charge in [0.1, 0.15) is 11.8 Å². The fourth-order valence-electron chi connectivity index (χ4n) is 3.37. The average molecular weight is 460 g/mol. The molecule has 0 unspecified atom stereocenters. The van der Waals surface area contributed by atoms with Gasteiger partial charge in [-0.25, -0.2) is 0 Å². The molecule has 0 radical (unpaired) electrons. The number of amides is 2. The van der Waals surface area contributed by atoms with Crippen LogP contribution >= 0.6 is 23.8 Å². The standard InChI is InChI=1S/C23H26ClN3O3S/c1-3-14-30-19-10-8-18(9-11-19)25-21(28)15-20-22(29)26(2)23(31)27(20)13-12-16-4-6-17(24)7-5-16/h4-11,20H,3,12-15H2,1-2H3,(H,25,28)/t20-/m1/s1. The number of anilines is 1. The van der Waals surface area contributed by atoms with E-state index in [1.54, 1.807) is 19.2 Å². The van der Waals surface area contributed by atoms with Crippen molar-refractivity contribution in [3.63, 3.8) is 0 Å². The molecular formula is C23H26ClN3O3S. The molecule has 1 saturated heterocycles. The molecule has 2 aromatic rings. The van der Waals surface area contributed by atoms with E-state index < -0.39 is 6.04 Å². The predicted octanol–water partition coefficient (Wildman–Crippen LogP) is 4.13. The van der Waals surface area contributed by atoms with Crippen LogP contribution in [0.2, 0.25) is 5.02 Å². The smallest absolute Gasteiger partial charge is 0.251 e. The first-order chi connectivity index (χ1) is 14.9. The molecule has 1 heterocycles. The monoisotopic (exact) mass is 459 g/mol. The van der Waals surface area contributed by atoms with Gasteiger partial charge >= 0.3 is 0 Å². The first-order valence-corrected chi connectivity index (χ1v) is 11.0. The predicted molar refractivity (Wildman–Crippen MR) is 126 cm³/mol. The number of likely N-dealkylation sites (N-methyl/N-ethyl adjacent to an activating group) is 1. The lowest BCUT2D eigenvalue weighted by molar-refractivity contribution is -0.130. The van der Waals surface area contributed by atoms with Crippen LogP contribution in [0.15, 0.2) is 48.5 Å². The molecule has 0 spiro atoms. The Balaban J connectivity index is 1.61. The third-order valence-corrected chi connectivity index (χ3v) is 5.83. The van der Waals surface area contributed by atoms with Gasteiger partial charge in [-0.05, 0) is 67.0 Å². The normalized spacial score (nSPS) is 16.0. The van der Waals surface area contributed by atoms with Crippen LogP contribution in [0.3, 0.4) is 0 Å². The van der Waals surface area contributed by atoms with Crippen molar-refractivity contribution >= 4 is 46.4 Å². The van der Waals surface area contributed by atoms with E-state index in [1.807, 2.05) is 48.2 Å². The average Bonchev–Trinajstić information content (AvgIpc) is 2.96. The van der Waals surface area contributed by atoms with Gasteiger partial charge in [-0.2, -0.15) is 0 Å². The lowest BCUT2D eigenvalue weighted by Crippen LogP contribution is -2.39. The van der Waals surface area contributed by atoms with E-state index in [1.165, 1.54) is 4.90 Å². The molecule has 8 heteroatoms. The van der Waals surface area contributed by atoms with E-state index in [-0.39, 0.29) is 18.2 Å². The molecule has 164 valence electrons. The van der Waals surface area contributed by atoms with Crippen LogP contribution < -0.4 is 10.1 Å². The van der Waals surface area contributed by atoms with E-state index in [0.29, 0.717) is 35.4 Å². The third-order valence-electron chi connectivity index (χ3n) is 5.07. The van der Waals surface area contributed by atoms with Gasteiger partial charge in [0.15, 0.2) is 5.11 Å². The molecule has 0 saturated carbocycles. The number of benzene rings is 2. The largest absolute Gasteiger partial charge is 0.494 e. The number of thiocarbonyl (C=S) groups is 1. The van der Waals surface area contributed by atoms with Gasteiger partial charge in [0, 0.05) is 24.3 Å². The summed E-state index contributed by atoms with van der Waals surface area (Å²) >= 11 is 11.4. The molecule has 0 aromatic heterocycles. The van der Waals surface area contributed by atoms with Crippen molar-refractivity contribution in [1.82, 2.24) is 9.80 Å². The highest BCUT2D eigenvalue weighted by Crippen LogP contribution is 2.22. The van der Waals surface area contributed by atoms with Crippen LogP contribution in [0.5, 0.6) is 5.75 Å². The molecular weight excluding hydrogens is 434 g/mol. The number of hydrogen-bond donors (Lipinski definition) is 1. The van der Waals surface area contributed by atoms with Crippen LogP contribution in [0.4, 0.5) is 5.69 Å². The van der Waals surface area contributed by atoms with E-state index in [9.17, 15) is 9.59 Å². The highest BCUT2D eigenvalue weighted by atomic mass is 35.5. The Labute approximate surface area is 193 Å². The third kappa shape index (κ3) is 5.95. The maximum Gasteiger partial charge on any atom is 0.251 e. The molecule has 2 aromatic carbocycles. The second-order valence-electron chi connectivity index (χ2n) is 7.39. The number of nitrogens with one attached hydrogen (secondary N) is 1. The maximum atomic E-state index is 12.7. The van der Waals surface area contributed by atoms with Crippen molar-refractivity contribution in [2.24, 2.45) is 0 Å². The van der Waals surface area contributed by atoms with E-state index in [0.717, 1.165) is 17.7 Å². The van der Waals surface area contributed by atoms with Gasteiger partial charge in [0.2, 0.25) is 5.91 Å². The van der Waals surface area contributed by atoms with Crippen molar-refractivity contribution in [3.05, 3.63) is 59.1 Å². The molecule has 3 rings (SSSR count). The number of carbonyl (C=O) groups is 2. The highest BCUT2D eigenvalue weighted by molar-refractivity contribution is 7.80. The molecule has 31 heavy (non-hydrogen) atoms. The molecule has 0 aliphatic carbocycles. The lowest BCUT2D eigenvalue weighted by Gasteiger charge is -2.23. The number of nitrogens with zero attached hydrogens (tertiary/aromatic N) is 2. The summed E-state index contributed by atoms with van der Waals surface area (Å²) < 4.78 is 5.55. The van der Waals surface area contributed by atoms with Crippen LogP contribution in [-0.4, -0.2) is 53.0 Å². The molecule has 1 atom stereocenters. The minimum atomic E-state index is -0.614. The number of halogens is 1. The van der Waals surface area contributed by atoms with Gasteiger partial charge in [-0.15, -0.1) is 0 Å².